The van der Waals surface area contributed by atoms with E-state index in [0.717, 1.165) is 11.1 Å². The van der Waals surface area contributed by atoms with Crippen LogP contribution in [-0.4, -0.2) is 41.6 Å². The fourth-order valence-electron chi connectivity index (χ4n) is 4.28. The molecule has 0 unspecified atom stereocenters. The normalized spacial score (nSPS) is 12.3. The lowest BCUT2D eigenvalue weighted by Gasteiger charge is -2.18. The fourth-order valence-corrected chi connectivity index (χ4v) is 6.79. The number of primary sulfonamides is 1. The molecule has 0 radical (unpaired) electrons. The lowest BCUT2D eigenvalue weighted by molar-refractivity contribution is -0.121. The highest BCUT2D eigenvalue weighted by Gasteiger charge is 2.23. The summed E-state index contributed by atoms with van der Waals surface area (Å²) in [7, 11) is -3.75. The number of fused-ring (bicyclic) bond motifs is 1. The van der Waals surface area contributed by atoms with Gasteiger partial charge in [0.2, 0.25) is 21.8 Å². The van der Waals surface area contributed by atoms with E-state index in [4.69, 9.17) is 21.7 Å². The zero-order valence-electron chi connectivity index (χ0n) is 23.6. The van der Waals surface area contributed by atoms with Crippen LogP contribution in [0.1, 0.15) is 37.3 Å². The number of hydrogen-bond donors (Lipinski definition) is 3. The van der Waals surface area contributed by atoms with Crippen LogP contribution < -0.4 is 21.3 Å². The molecule has 1 atom stereocenters. The van der Waals surface area contributed by atoms with E-state index in [0.29, 0.717) is 51.9 Å². The standard InChI is InChI=1S/C29H32ClN5O5S3/c1-3-24(27(37)33-23-17-20(30)9-6-18(23)2)42-29-34-22-13-16-41-26(22)28(38)35(29)15-4-5-25(36)32-14-12-19-7-10-21(11-8-19)43(31,39)40/h6-11,13,16-17,24H,3-5,12,14-15H2,1-2H3,(H,32,36)(H,33,37)(H2,31,39,40)/t24-/m0/s1. The number of carbonyl (C=O) groups excluding carboxylic acids is 2. The molecule has 14 heteroatoms. The number of anilines is 1. The number of benzene rings is 2. The van der Waals surface area contributed by atoms with E-state index in [1.54, 1.807) is 40.3 Å². The van der Waals surface area contributed by atoms with Crippen LogP contribution in [-0.2, 0) is 32.6 Å². The molecule has 0 saturated carbocycles. The predicted molar refractivity (Wildman–Crippen MR) is 172 cm³/mol. The predicted octanol–water partition coefficient (Wildman–Crippen LogP) is 4.72. The van der Waals surface area contributed by atoms with E-state index in [-0.39, 0.29) is 35.2 Å². The van der Waals surface area contributed by atoms with Crippen molar-refractivity contribution in [1.29, 1.82) is 0 Å². The van der Waals surface area contributed by atoms with Crippen LogP contribution in [0.4, 0.5) is 5.69 Å². The van der Waals surface area contributed by atoms with Gasteiger partial charge in [-0.25, -0.2) is 18.5 Å². The maximum Gasteiger partial charge on any atom is 0.272 e. The Morgan fingerprint density at radius 2 is 1.91 bits per heavy atom. The Labute approximate surface area is 263 Å². The van der Waals surface area contributed by atoms with Gasteiger partial charge in [0.05, 0.1) is 15.7 Å². The van der Waals surface area contributed by atoms with Crippen molar-refractivity contribution in [2.75, 3.05) is 11.9 Å². The molecule has 0 bridgehead atoms. The number of amides is 2. The summed E-state index contributed by atoms with van der Waals surface area (Å²) in [5.41, 5.74) is 2.74. The van der Waals surface area contributed by atoms with Gasteiger partial charge >= 0.3 is 0 Å². The number of aromatic nitrogens is 2. The maximum atomic E-state index is 13.4. The van der Waals surface area contributed by atoms with Gasteiger partial charge in [-0.15, -0.1) is 11.3 Å². The van der Waals surface area contributed by atoms with Crippen molar-refractivity contribution in [2.24, 2.45) is 5.14 Å². The number of aryl methyl sites for hydroxylation is 1. The van der Waals surface area contributed by atoms with Crippen LogP contribution in [0.3, 0.4) is 0 Å². The Balaban J connectivity index is 1.38. The van der Waals surface area contributed by atoms with Gasteiger partial charge in [0.25, 0.3) is 5.56 Å². The summed E-state index contributed by atoms with van der Waals surface area (Å²) in [4.78, 5) is 43.8. The number of carbonyl (C=O) groups is 2. The molecular weight excluding hydrogens is 630 g/mol. The Kier molecular flexibility index (Phi) is 11.0. The fraction of sp³-hybridized carbons (Fsp3) is 0.310. The average molecular weight is 662 g/mol. The minimum absolute atomic E-state index is 0.0328. The highest BCUT2D eigenvalue weighted by Crippen LogP contribution is 2.28. The van der Waals surface area contributed by atoms with Crippen LogP contribution >= 0.6 is 34.7 Å². The molecule has 43 heavy (non-hydrogen) atoms. The van der Waals surface area contributed by atoms with Gasteiger partial charge in [0, 0.05) is 30.2 Å². The molecule has 0 saturated heterocycles. The summed E-state index contributed by atoms with van der Waals surface area (Å²) in [6, 6.07) is 13.3. The van der Waals surface area contributed by atoms with E-state index in [9.17, 15) is 22.8 Å². The van der Waals surface area contributed by atoms with Crippen molar-refractivity contribution in [2.45, 2.75) is 61.4 Å². The van der Waals surface area contributed by atoms with Crippen LogP contribution in [0, 0.1) is 6.92 Å². The number of nitrogens with two attached hydrogens (primary N) is 1. The summed E-state index contributed by atoms with van der Waals surface area (Å²) < 4.78 is 24.9. The molecule has 4 aromatic rings. The third-order valence-corrected chi connectivity index (χ3v) is 10.1. The van der Waals surface area contributed by atoms with E-state index in [1.165, 1.54) is 35.2 Å². The summed E-state index contributed by atoms with van der Waals surface area (Å²) >= 11 is 8.65. The van der Waals surface area contributed by atoms with E-state index in [2.05, 4.69) is 10.6 Å². The first kappa shape index (κ1) is 32.7. The smallest absolute Gasteiger partial charge is 0.272 e. The number of thiophene rings is 1. The minimum Gasteiger partial charge on any atom is -0.356 e. The number of halogens is 1. The van der Waals surface area contributed by atoms with Crippen molar-refractivity contribution in [3.63, 3.8) is 0 Å². The van der Waals surface area contributed by atoms with Crippen molar-refractivity contribution < 1.29 is 18.0 Å². The summed E-state index contributed by atoms with van der Waals surface area (Å²) in [6.07, 6.45) is 1.60. The third kappa shape index (κ3) is 8.67. The lowest BCUT2D eigenvalue weighted by Crippen LogP contribution is -2.29. The average Bonchev–Trinajstić information content (AvgIpc) is 3.44. The molecule has 0 fully saturated rings. The first-order chi connectivity index (χ1) is 20.5. The van der Waals surface area contributed by atoms with Crippen LogP contribution in [0.2, 0.25) is 5.02 Å². The number of nitrogens with one attached hydrogen (secondary N) is 2. The molecule has 0 spiro atoms. The molecule has 10 nitrogen and oxygen atoms in total. The van der Waals surface area contributed by atoms with E-state index < -0.39 is 15.3 Å². The molecule has 4 rings (SSSR count). The maximum absolute atomic E-state index is 13.4. The molecule has 228 valence electrons. The van der Waals surface area contributed by atoms with Gasteiger partial charge in [-0.3, -0.25) is 19.0 Å². The molecule has 2 amide bonds. The van der Waals surface area contributed by atoms with Crippen LogP contribution in [0.15, 0.2) is 68.8 Å². The summed E-state index contributed by atoms with van der Waals surface area (Å²) in [6.45, 7) is 4.41. The number of sulfonamides is 1. The van der Waals surface area contributed by atoms with Gasteiger partial charge in [-0.2, -0.15) is 0 Å². The molecule has 0 aliphatic rings. The first-order valence-corrected chi connectivity index (χ1v) is 17.2. The number of hydrogen-bond acceptors (Lipinski definition) is 8. The number of thioether (sulfide) groups is 1. The molecular formula is C29H32ClN5O5S3. The third-order valence-electron chi connectivity index (χ3n) is 6.67. The Hall–Kier alpha value is -3.23. The van der Waals surface area contributed by atoms with Gasteiger partial charge in [-0.05, 0) is 73.0 Å². The highest BCUT2D eigenvalue weighted by molar-refractivity contribution is 8.00. The van der Waals surface area contributed by atoms with Crippen molar-refractivity contribution in [1.82, 2.24) is 14.9 Å². The van der Waals surface area contributed by atoms with E-state index in [1.807, 2.05) is 19.9 Å². The summed E-state index contributed by atoms with van der Waals surface area (Å²) in [5, 5.41) is 13.1. The molecule has 0 aliphatic carbocycles. The van der Waals surface area contributed by atoms with Crippen molar-refractivity contribution >= 4 is 72.4 Å². The molecule has 2 aromatic heterocycles. The first-order valence-electron chi connectivity index (χ1n) is 13.6. The highest BCUT2D eigenvalue weighted by atomic mass is 35.5. The minimum atomic E-state index is -3.75. The Morgan fingerprint density at radius 3 is 2.60 bits per heavy atom. The monoisotopic (exact) mass is 661 g/mol. The quantitative estimate of drug-likeness (QED) is 0.138. The Bertz CT molecular complexity index is 1790. The van der Waals surface area contributed by atoms with Gasteiger partial charge in [0.15, 0.2) is 5.16 Å². The zero-order valence-corrected chi connectivity index (χ0v) is 26.8. The molecule has 4 N–H and O–H groups in total. The molecule has 2 aromatic carbocycles. The Morgan fingerprint density at radius 1 is 1.16 bits per heavy atom. The lowest BCUT2D eigenvalue weighted by atomic mass is 10.1. The van der Waals surface area contributed by atoms with Gasteiger partial charge in [0.1, 0.15) is 4.70 Å². The van der Waals surface area contributed by atoms with Crippen LogP contribution in [0.25, 0.3) is 10.2 Å². The summed E-state index contributed by atoms with van der Waals surface area (Å²) in [5.74, 6) is -0.390. The zero-order chi connectivity index (χ0) is 31.1. The SMILES string of the molecule is CC[C@H](Sc1nc2ccsc2c(=O)n1CCCC(=O)NCCc1ccc(S(N)(=O)=O)cc1)C(=O)Nc1cc(Cl)ccc1C. The van der Waals surface area contributed by atoms with E-state index >= 15 is 0 Å². The van der Waals surface area contributed by atoms with Gasteiger partial charge < -0.3 is 10.6 Å². The largest absolute Gasteiger partial charge is 0.356 e. The second kappa shape index (κ2) is 14.5. The second-order valence-electron chi connectivity index (χ2n) is 9.84. The number of nitrogens with zero attached hydrogens (tertiary/aromatic N) is 2. The topological polar surface area (TPSA) is 153 Å². The van der Waals surface area contributed by atoms with Gasteiger partial charge in [-0.1, -0.05) is 48.5 Å². The van der Waals surface area contributed by atoms with Crippen LogP contribution in [0.5, 0.6) is 0 Å². The second-order valence-corrected chi connectivity index (χ2v) is 13.9. The molecule has 2 heterocycles. The molecule has 0 aliphatic heterocycles. The van der Waals surface area contributed by atoms with Crippen molar-refractivity contribution in [3.8, 4) is 0 Å². The van der Waals surface area contributed by atoms with Crippen molar-refractivity contribution in [3.05, 3.63) is 80.4 Å². The number of rotatable bonds is 13.